The van der Waals surface area contributed by atoms with Crippen molar-refractivity contribution < 1.29 is 0 Å². The number of aryl methyl sites for hydroxylation is 1. The lowest BCUT2D eigenvalue weighted by Crippen LogP contribution is -2.16. The smallest absolute Gasteiger partial charge is 0.0482 e. The van der Waals surface area contributed by atoms with Crippen molar-refractivity contribution in [3.63, 3.8) is 0 Å². The topological polar surface area (TPSA) is 17.0 Å². The zero-order chi connectivity index (χ0) is 14.9. The summed E-state index contributed by atoms with van der Waals surface area (Å²) in [5.41, 5.74) is 5.86. The van der Waals surface area contributed by atoms with Crippen molar-refractivity contribution in [3.05, 3.63) is 35.0 Å². The summed E-state index contributed by atoms with van der Waals surface area (Å²) in [7, 11) is 2.17. The van der Waals surface area contributed by atoms with Gasteiger partial charge in [0.1, 0.15) is 0 Å². The Hall–Kier alpha value is -1.28. The molecule has 2 rings (SSSR count). The number of hydrogen-bond acceptors (Lipinski definition) is 1. The summed E-state index contributed by atoms with van der Waals surface area (Å²) in [5.74, 6) is 0. The summed E-state index contributed by atoms with van der Waals surface area (Å²) in [6.45, 7) is 13.3. The van der Waals surface area contributed by atoms with Crippen LogP contribution in [0.5, 0.6) is 0 Å². The maximum Gasteiger partial charge on any atom is 0.0482 e. The van der Waals surface area contributed by atoms with Gasteiger partial charge in [-0.1, -0.05) is 33.8 Å². The summed E-state index contributed by atoms with van der Waals surface area (Å²) in [4.78, 5) is 0. The van der Waals surface area contributed by atoms with Crippen molar-refractivity contribution in [2.24, 2.45) is 7.05 Å². The lowest BCUT2D eigenvalue weighted by molar-refractivity contribution is 0.591. The first-order valence-electron chi connectivity index (χ1n) is 7.65. The normalized spacial score (nSPS) is 12.3. The molecule has 0 aliphatic rings. The van der Waals surface area contributed by atoms with E-state index in [1.54, 1.807) is 0 Å². The van der Waals surface area contributed by atoms with Crippen molar-refractivity contribution in [1.29, 1.82) is 0 Å². The van der Waals surface area contributed by atoms with E-state index >= 15 is 0 Å². The molecule has 0 saturated heterocycles. The van der Waals surface area contributed by atoms with E-state index in [1.165, 1.54) is 27.7 Å². The molecule has 2 nitrogen and oxygen atoms in total. The molecule has 0 saturated carbocycles. The number of nitrogens with one attached hydrogen (secondary N) is 1. The second-order valence-electron chi connectivity index (χ2n) is 6.71. The van der Waals surface area contributed by atoms with Crippen LogP contribution < -0.4 is 5.32 Å². The summed E-state index contributed by atoms with van der Waals surface area (Å²) in [5, 5.41) is 4.86. The maximum absolute atomic E-state index is 3.43. The lowest BCUT2D eigenvalue weighted by Gasteiger charge is -2.19. The summed E-state index contributed by atoms with van der Waals surface area (Å²) in [6.07, 6.45) is 1.10. The quantitative estimate of drug-likeness (QED) is 0.834. The van der Waals surface area contributed by atoms with E-state index in [1.807, 2.05) is 0 Å². The van der Waals surface area contributed by atoms with E-state index in [0.29, 0.717) is 0 Å². The zero-order valence-electron chi connectivity index (χ0n) is 13.8. The Bertz CT molecular complexity index is 600. The highest BCUT2D eigenvalue weighted by Gasteiger charge is 2.17. The van der Waals surface area contributed by atoms with E-state index in [-0.39, 0.29) is 5.41 Å². The van der Waals surface area contributed by atoms with E-state index in [9.17, 15) is 0 Å². The fourth-order valence-electron chi connectivity index (χ4n) is 2.82. The molecule has 0 unspecified atom stereocenters. The SMILES string of the molecule is CCNCCc1c(C)n(C)c2ccc(C(C)(C)C)cc12. The predicted octanol–water partition coefficient (Wildman–Crippen LogP) is 3.94. The first-order valence-corrected chi connectivity index (χ1v) is 7.65. The Morgan fingerprint density at radius 3 is 2.50 bits per heavy atom. The molecule has 0 aliphatic carbocycles. The largest absolute Gasteiger partial charge is 0.348 e. The van der Waals surface area contributed by atoms with Crippen LogP contribution in [0.15, 0.2) is 18.2 Å². The molecule has 20 heavy (non-hydrogen) atoms. The van der Waals surface area contributed by atoms with Gasteiger partial charge >= 0.3 is 0 Å². The molecule has 2 heteroatoms. The van der Waals surface area contributed by atoms with E-state index in [0.717, 1.165) is 19.5 Å². The van der Waals surface area contributed by atoms with Crippen LogP contribution in [0, 0.1) is 6.92 Å². The van der Waals surface area contributed by atoms with Gasteiger partial charge in [-0.05, 0) is 55.1 Å². The molecule has 1 heterocycles. The van der Waals surface area contributed by atoms with Crippen molar-refractivity contribution >= 4 is 10.9 Å². The van der Waals surface area contributed by atoms with Crippen LogP contribution in [0.4, 0.5) is 0 Å². The molecule has 1 aromatic heterocycles. The van der Waals surface area contributed by atoms with E-state index in [4.69, 9.17) is 0 Å². The third-order valence-electron chi connectivity index (χ3n) is 4.29. The summed E-state index contributed by atoms with van der Waals surface area (Å²) < 4.78 is 2.32. The number of fused-ring (bicyclic) bond motifs is 1. The minimum absolute atomic E-state index is 0.205. The standard InChI is InChI=1S/C18H28N2/c1-7-19-11-10-15-13(2)20(6)17-9-8-14(12-16(15)17)18(3,4)5/h8-9,12,19H,7,10-11H2,1-6H3. The van der Waals surface area contributed by atoms with Crippen LogP contribution in [0.25, 0.3) is 10.9 Å². The monoisotopic (exact) mass is 272 g/mol. The third kappa shape index (κ3) is 2.76. The Morgan fingerprint density at radius 2 is 1.90 bits per heavy atom. The summed E-state index contributed by atoms with van der Waals surface area (Å²) >= 11 is 0. The Labute approximate surface area is 123 Å². The molecule has 0 aliphatic heterocycles. The van der Waals surface area contributed by atoms with Gasteiger partial charge in [0.05, 0.1) is 0 Å². The van der Waals surface area contributed by atoms with Crippen LogP contribution in [0.3, 0.4) is 0 Å². The number of rotatable bonds is 4. The first-order chi connectivity index (χ1) is 9.36. The maximum atomic E-state index is 3.43. The fraction of sp³-hybridized carbons (Fsp3) is 0.556. The van der Waals surface area contributed by atoms with E-state index < -0.39 is 0 Å². The molecule has 0 atom stereocenters. The van der Waals surface area contributed by atoms with Crippen LogP contribution in [0.2, 0.25) is 0 Å². The molecular formula is C18H28N2. The molecular weight excluding hydrogens is 244 g/mol. The highest BCUT2D eigenvalue weighted by Crippen LogP contribution is 2.30. The van der Waals surface area contributed by atoms with Gasteiger partial charge in [-0.3, -0.25) is 0 Å². The molecule has 2 aromatic rings. The highest BCUT2D eigenvalue weighted by molar-refractivity contribution is 5.86. The number of nitrogens with zero attached hydrogens (tertiary/aromatic N) is 1. The zero-order valence-corrected chi connectivity index (χ0v) is 13.8. The summed E-state index contributed by atoms with van der Waals surface area (Å²) in [6, 6.07) is 6.94. The van der Waals surface area contributed by atoms with Gasteiger partial charge in [0.25, 0.3) is 0 Å². The van der Waals surface area contributed by atoms with Crippen LogP contribution in [-0.4, -0.2) is 17.7 Å². The molecule has 1 aromatic carbocycles. The Morgan fingerprint density at radius 1 is 1.20 bits per heavy atom. The van der Waals surface area contributed by atoms with Crippen LogP contribution in [-0.2, 0) is 18.9 Å². The second kappa shape index (κ2) is 5.61. The average molecular weight is 272 g/mol. The molecule has 0 amide bonds. The number of likely N-dealkylation sites (N-methyl/N-ethyl adjacent to an activating group) is 1. The fourth-order valence-corrected chi connectivity index (χ4v) is 2.82. The molecule has 1 N–H and O–H groups in total. The van der Waals surface area contributed by atoms with Gasteiger partial charge in [0.15, 0.2) is 0 Å². The van der Waals surface area contributed by atoms with Gasteiger partial charge in [-0.25, -0.2) is 0 Å². The minimum atomic E-state index is 0.205. The molecule has 0 radical (unpaired) electrons. The Balaban J connectivity index is 2.51. The predicted molar refractivity (Wildman–Crippen MR) is 88.6 cm³/mol. The van der Waals surface area contributed by atoms with Crippen LogP contribution in [0.1, 0.15) is 44.5 Å². The molecule has 110 valence electrons. The van der Waals surface area contributed by atoms with Crippen LogP contribution >= 0.6 is 0 Å². The van der Waals surface area contributed by atoms with Crippen molar-refractivity contribution in [1.82, 2.24) is 9.88 Å². The van der Waals surface area contributed by atoms with Gasteiger partial charge in [-0.2, -0.15) is 0 Å². The van der Waals surface area contributed by atoms with Gasteiger partial charge in [-0.15, -0.1) is 0 Å². The molecule has 0 fully saturated rings. The van der Waals surface area contributed by atoms with Crippen molar-refractivity contribution in [2.75, 3.05) is 13.1 Å². The molecule has 0 spiro atoms. The van der Waals surface area contributed by atoms with Crippen molar-refractivity contribution in [2.45, 2.75) is 46.5 Å². The highest BCUT2D eigenvalue weighted by atomic mass is 14.9. The second-order valence-corrected chi connectivity index (χ2v) is 6.71. The third-order valence-corrected chi connectivity index (χ3v) is 4.29. The first kappa shape index (κ1) is 15.1. The van der Waals surface area contributed by atoms with E-state index in [2.05, 4.69) is 69.7 Å². The number of benzene rings is 1. The average Bonchev–Trinajstić information content (AvgIpc) is 2.62. The van der Waals surface area contributed by atoms with Gasteiger partial charge in [0.2, 0.25) is 0 Å². The molecule has 0 bridgehead atoms. The van der Waals surface area contributed by atoms with Gasteiger partial charge < -0.3 is 9.88 Å². The van der Waals surface area contributed by atoms with Gasteiger partial charge in [0, 0.05) is 23.6 Å². The number of aromatic nitrogens is 1. The Kier molecular flexibility index (Phi) is 4.24. The lowest BCUT2D eigenvalue weighted by atomic mass is 9.86. The van der Waals surface area contributed by atoms with Crippen molar-refractivity contribution in [3.8, 4) is 0 Å². The number of hydrogen-bond donors (Lipinski definition) is 1. The minimum Gasteiger partial charge on any atom is -0.348 e.